The lowest BCUT2D eigenvalue weighted by Crippen LogP contribution is -2.44. The predicted molar refractivity (Wildman–Crippen MR) is 74.1 cm³/mol. The zero-order valence-electron chi connectivity index (χ0n) is 11.6. The van der Waals surface area contributed by atoms with Crippen molar-refractivity contribution in [2.24, 2.45) is 0 Å². The molecule has 2 N–H and O–H groups in total. The normalized spacial score (nSPS) is 20.6. The van der Waals surface area contributed by atoms with Crippen molar-refractivity contribution in [2.75, 3.05) is 33.0 Å². The molecule has 5 nitrogen and oxygen atoms in total. The van der Waals surface area contributed by atoms with E-state index in [0.717, 1.165) is 17.1 Å². The van der Waals surface area contributed by atoms with E-state index in [1.807, 2.05) is 18.2 Å². The van der Waals surface area contributed by atoms with Gasteiger partial charge in [-0.3, -0.25) is 0 Å². The van der Waals surface area contributed by atoms with Crippen LogP contribution >= 0.6 is 0 Å². The summed E-state index contributed by atoms with van der Waals surface area (Å²) in [6, 6.07) is 5.96. The number of nitrogens with one attached hydrogen (secondary N) is 1. The fourth-order valence-electron chi connectivity index (χ4n) is 2.57. The molecule has 0 saturated carbocycles. The second kappa shape index (κ2) is 5.99. The summed E-state index contributed by atoms with van der Waals surface area (Å²) in [6.07, 6.45) is 1.39. The van der Waals surface area contributed by atoms with E-state index in [-0.39, 0.29) is 0 Å². The van der Waals surface area contributed by atoms with Crippen LogP contribution in [0.2, 0.25) is 0 Å². The van der Waals surface area contributed by atoms with Gasteiger partial charge in [-0.1, -0.05) is 6.07 Å². The van der Waals surface area contributed by atoms with Crippen LogP contribution in [-0.4, -0.2) is 43.7 Å². The first-order valence-electron chi connectivity index (χ1n) is 7.15. The summed E-state index contributed by atoms with van der Waals surface area (Å²) >= 11 is 0. The molecule has 2 heterocycles. The molecule has 0 bridgehead atoms. The minimum atomic E-state index is -0.633. The fraction of sp³-hybridized carbons (Fsp3) is 0.600. The molecular weight excluding hydrogens is 258 g/mol. The monoisotopic (exact) mass is 279 g/mol. The molecule has 20 heavy (non-hydrogen) atoms. The van der Waals surface area contributed by atoms with Crippen LogP contribution in [0.5, 0.6) is 11.5 Å². The Balaban J connectivity index is 1.53. The Kier molecular flexibility index (Phi) is 4.10. The van der Waals surface area contributed by atoms with E-state index in [1.165, 1.54) is 0 Å². The molecular formula is C15H21NO4. The fourth-order valence-corrected chi connectivity index (χ4v) is 2.57. The Morgan fingerprint density at radius 1 is 1.05 bits per heavy atom. The zero-order valence-corrected chi connectivity index (χ0v) is 11.6. The van der Waals surface area contributed by atoms with Crippen LogP contribution in [0.25, 0.3) is 0 Å². The van der Waals surface area contributed by atoms with Gasteiger partial charge in [0.25, 0.3) is 0 Å². The van der Waals surface area contributed by atoms with Crippen molar-refractivity contribution in [3.8, 4) is 11.5 Å². The summed E-state index contributed by atoms with van der Waals surface area (Å²) in [7, 11) is 0. The SMILES string of the molecule is OC1(CNCc2ccc3c(c2)OCCO3)CCOCC1. The molecule has 0 atom stereocenters. The lowest BCUT2D eigenvalue weighted by molar-refractivity contribution is -0.0617. The summed E-state index contributed by atoms with van der Waals surface area (Å²) in [5.41, 5.74) is 0.497. The molecule has 0 aromatic heterocycles. The van der Waals surface area contributed by atoms with E-state index in [9.17, 15) is 5.11 Å². The highest BCUT2D eigenvalue weighted by Gasteiger charge is 2.29. The maximum atomic E-state index is 10.4. The third-order valence-electron chi connectivity index (χ3n) is 3.81. The topological polar surface area (TPSA) is 60.0 Å². The summed E-state index contributed by atoms with van der Waals surface area (Å²) in [5.74, 6) is 1.61. The number of hydrogen-bond acceptors (Lipinski definition) is 5. The largest absolute Gasteiger partial charge is 0.486 e. The van der Waals surface area contributed by atoms with Gasteiger partial charge in [-0.05, 0) is 17.7 Å². The summed E-state index contributed by atoms with van der Waals surface area (Å²) in [6.45, 7) is 3.79. The summed E-state index contributed by atoms with van der Waals surface area (Å²) in [4.78, 5) is 0. The van der Waals surface area contributed by atoms with E-state index in [0.29, 0.717) is 52.4 Å². The van der Waals surface area contributed by atoms with Gasteiger partial charge < -0.3 is 24.6 Å². The summed E-state index contributed by atoms with van der Waals surface area (Å²) in [5, 5.41) is 13.7. The van der Waals surface area contributed by atoms with Gasteiger partial charge in [0.05, 0.1) is 5.60 Å². The van der Waals surface area contributed by atoms with Crippen molar-refractivity contribution >= 4 is 0 Å². The Morgan fingerprint density at radius 2 is 1.80 bits per heavy atom. The van der Waals surface area contributed by atoms with Crippen molar-refractivity contribution in [3.63, 3.8) is 0 Å². The van der Waals surface area contributed by atoms with Crippen LogP contribution in [0.1, 0.15) is 18.4 Å². The molecule has 0 amide bonds. The third kappa shape index (κ3) is 3.23. The van der Waals surface area contributed by atoms with Crippen LogP contribution in [-0.2, 0) is 11.3 Å². The molecule has 0 spiro atoms. The van der Waals surface area contributed by atoms with Crippen molar-refractivity contribution in [1.29, 1.82) is 0 Å². The van der Waals surface area contributed by atoms with E-state index in [4.69, 9.17) is 14.2 Å². The van der Waals surface area contributed by atoms with Crippen molar-refractivity contribution in [3.05, 3.63) is 23.8 Å². The maximum Gasteiger partial charge on any atom is 0.161 e. The standard InChI is InChI=1S/C15H21NO4/c17-15(3-5-18-6-4-15)11-16-10-12-1-2-13-14(9-12)20-8-7-19-13/h1-2,9,16-17H,3-8,10-11H2. The average molecular weight is 279 g/mol. The highest BCUT2D eigenvalue weighted by Crippen LogP contribution is 2.30. The number of aliphatic hydroxyl groups is 1. The molecule has 2 aliphatic heterocycles. The maximum absolute atomic E-state index is 10.4. The van der Waals surface area contributed by atoms with E-state index in [1.54, 1.807) is 0 Å². The van der Waals surface area contributed by atoms with Gasteiger partial charge in [0.2, 0.25) is 0 Å². The third-order valence-corrected chi connectivity index (χ3v) is 3.81. The number of benzene rings is 1. The molecule has 3 rings (SSSR count). The summed E-state index contributed by atoms with van der Waals surface area (Å²) < 4.78 is 16.3. The Labute approximate surface area is 118 Å². The minimum Gasteiger partial charge on any atom is -0.486 e. The van der Waals surface area contributed by atoms with E-state index < -0.39 is 5.60 Å². The molecule has 2 aliphatic rings. The highest BCUT2D eigenvalue weighted by atomic mass is 16.6. The van der Waals surface area contributed by atoms with E-state index >= 15 is 0 Å². The van der Waals surface area contributed by atoms with Gasteiger partial charge in [0, 0.05) is 39.1 Å². The zero-order chi connectivity index (χ0) is 13.8. The highest BCUT2D eigenvalue weighted by molar-refractivity contribution is 5.43. The van der Waals surface area contributed by atoms with Crippen LogP contribution < -0.4 is 14.8 Å². The van der Waals surface area contributed by atoms with Crippen LogP contribution in [0.3, 0.4) is 0 Å². The van der Waals surface area contributed by atoms with Crippen LogP contribution in [0.4, 0.5) is 0 Å². The Morgan fingerprint density at radius 3 is 2.60 bits per heavy atom. The van der Waals surface area contributed by atoms with Gasteiger partial charge in [0.1, 0.15) is 13.2 Å². The lowest BCUT2D eigenvalue weighted by atomic mass is 9.94. The molecule has 110 valence electrons. The van der Waals surface area contributed by atoms with Crippen LogP contribution in [0.15, 0.2) is 18.2 Å². The first-order valence-corrected chi connectivity index (χ1v) is 7.15. The van der Waals surface area contributed by atoms with Crippen molar-refractivity contribution in [2.45, 2.75) is 25.0 Å². The minimum absolute atomic E-state index is 0.588. The Bertz CT molecular complexity index is 457. The van der Waals surface area contributed by atoms with Crippen molar-refractivity contribution in [1.82, 2.24) is 5.32 Å². The first kappa shape index (κ1) is 13.7. The second-order valence-corrected chi connectivity index (χ2v) is 5.42. The van der Waals surface area contributed by atoms with Gasteiger partial charge in [-0.2, -0.15) is 0 Å². The Hall–Kier alpha value is -1.30. The number of ether oxygens (including phenoxy) is 3. The number of hydrogen-bond donors (Lipinski definition) is 2. The van der Waals surface area contributed by atoms with Gasteiger partial charge in [0.15, 0.2) is 11.5 Å². The molecule has 1 saturated heterocycles. The molecule has 5 heteroatoms. The lowest BCUT2D eigenvalue weighted by Gasteiger charge is -2.32. The van der Waals surface area contributed by atoms with Crippen molar-refractivity contribution < 1.29 is 19.3 Å². The smallest absolute Gasteiger partial charge is 0.161 e. The quantitative estimate of drug-likeness (QED) is 0.864. The van der Waals surface area contributed by atoms with Gasteiger partial charge in [-0.25, -0.2) is 0 Å². The molecule has 0 radical (unpaired) electrons. The molecule has 1 fully saturated rings. The number of fused-ring (bicyclic) bond motifs is 1. The molecule has 1 aromatic carbocycles. The van der Waals surface area contributed by atoms with E-state index in [2.05, 4.69) is 5.32 Å². The second-order valence-electron chi connectivity index (χ2n) is 5.42. The van der Waals surface area contributed by atoms with Gasteiger partial charge >= 0.3 is 0 Å². The number of rotatable bonds is 4. The van der Waals surface area contributed by atoms with Crippen LogP contribution in [0, 0.1) is 0 Å². The molecule has 0 unspecified atom stereocenters. The van der Waals surface area contributed by atoms with Gasteiger partial charge in [-0.15, -0.1) is 0 Å². The molecule has 0 aliphatic carbocycles. The predicted octanol–water partition coefficient (Wildman–Crippen LogP) is 1.09. The first-order chi connectivity index (χ1) is 9.75. The molecule has 1 aromatic rings. The average Bonchev–Trinajstić information content (AvgIpc) is 2.48.